The molecule has 158 valence electrons. The number of nitrogens with zero attached hydrogens (tertiary/aromatic N) is 2. The lowest BCUT2D eigenvalue weighted by molar-refractivity contribution is -0.120. The number of rotatable bonds is 9. The van der Waals surface area contributed by atoms with Crippen LogP contribution in [-0.2, 0) is 11.3 Å². The summed E-state index contributed by atoms with van der Waals surface area (Å²) >= 11 is 0. The third-order valence-corrected chi connectivity index (χ3v) is 4.74. The SMILES string of the molecule is CNC(=O)CCNc1ccc(-c2ccccc2)cc1/C(N)=C/C=NCc1cccnc1. The van der Waals surface area contributed by atoms with E-state index < -0.39 is 0 Å². The van der Waals surface area contributed by atoms with Gasteiger partial charge in [0.1, 0.15) is 0 Å². The highest BCUT2D eigenvalue weighted by atomic mass is 16.1. The Hall–Kier alpha value is -3.93. The average Bonchev–Trinajstić information content (AvgIpc) is 2.83. The van der Waals surface area contributed by atoms with Gasteiger partial charge in [-0.2, -0.15) is 0 Å². The Labute approximate surface area is 182 Å². The molecule has 2 aromatic carbocycles. The molecule has 1 aromatic heterocycles. The van der Waals surface area contributed by atoms with Crippen molar-refractivity contribution in [1.29, 1.82) is 0 Å². The highest BCUT2D eigenvalue weighted by molar-refractivity contribution is 5.88. The van der Waals surface area contributed by atoms with Crippen molar-refractivity contribution in [3.05, 3.63) is 90.3 Å². The van der Waals surface area contributed by atoms with E-state index in [1.807, 2.05) is 42.5 Å². The minimum absolute atomic E-state index is 0.0130. The first-order valence-electron chi connectivity index (χ1n) is 10.2. The molecule has 31 heavy (non-hydrogen) atoms. The van der Waals surface area contributed by atoms with E-state index in [9.17, 15) is 4.79 Å². The maximum atomic E-state index is 11.5. The first-order chi connectivity index (χ1) is 15.2. The summed E-state index contributed by atoms with van der Waals surface area (Å²) in [5.41, 5.74) is 12.0. The molecule has 1 heterocycles. The van der Waals surface area contributed by atoms with Crippen LogP contribution in [-0.4, -0.2) is 30.7 Å². The third-order valence-electron chi connectivity index (χ3n) is 4.74. The topological polar surface area (TPSA) is 92.4 Å². The van der Waals surface area contributed by atoms with Gasteiger partial charge in [-0.15, -0.1) is 0 Å². The van der Waals surface area contributed by atoms with Gasteiger partial charge < -0.3 is 16.4 Å². The quantitative estimate of drug-likeness (QED) is 0.464. The number of hydrogen-bond acceptors (Lipinski definition) is 5. The first kappa shape index (κ1) is 21.8. The Morgan fingerprint density at radius 2 is 1.94 bits per heavy atom. The molecule has 0 saturated heterocycles. The molecule has 0 spiro atoms. The zero-order valence-electron chi connectivity index (χ0n) is 17.6. The number of carbonyl (C=O) groups excluding carboxylic acids is 1. The first-order valence-corrected chi connectivity index (χ1v) is 10.2. The Balaban J connectivity index is 1.81. The van der Waals surface area contributed by atoms with E-state index in [-0.39, 0.29) is 5.91 Å². The van der Waals surface area contributed by atoms with Gasteiger partial charge in [-0.3, -0.25) is 14.8 Å². The molecule has 0 unspecified atom stereocenters. The van der Waals surface area contributed by atoms with Crippen molar-refractivity contribution in [3.8, 4) is 11.1 Å². The van der Waals surface area contributed by atoms with Gasteiger partial charge in [0.05, 0.1) is 6.54 Å². The van der Waals surface area contributed by atoms with E-state index in [0.29, 0.717) is 25.2 Å². The van der Waals surface area contributed by atoms with E-state index in [1.165, 1.54) is 0 Å². The van der Waals surface area contributed by atoms with Gasteiger partial charge in [-0.25, -0.2) is 0 Å². The van der Waals surface area contributed by atoms with Crippen LogP contribution in [0.1, 0.15) is 17.5 Å². The summed E-state index contributed by atoms with van der Waals surface area (Å²) in [6.45, 7) is 1.05. The van der Waals surface area contributed by atoms with Crippen LogP contribution in [0.3, 0.4) is 0 Å². The summed E-state index contributed by atoms with van der Waals surface area (Å²) in [7, 11) is 1.63. The zero-order chi connectivity index (χ0) is 21.9. The lowest BCUT2D eigenvalue weighted by atomic mass is 10.00. The number of amides is 1. The van der Waals surface area contributed by atoms with Gasteiger partial charge in [0.15, 0.2) is 0 Å². The Bertz CT molecular complexity index is 1050. The molecule has 0 saturated carbocycles. The Morgan fingerprint density at radius 3 is 2.68 bits per heavy atom. The molecular weight excluding hydrogens is 386 g/mol. The fourth-order valence-electron chi connectivity index (χ4n) is 3.06. The summed E-state index contributed by atoms with van der Waals surface area (Å²) in [6, 6.07) is 20.1. The summed E-state index contributed by atoms with van der Waals surface area (Å²) in [4.78, 5) is 20.1. The molecule has 3 rings (SSSR count). The number of hydrogen-bond donors (Lipinski definition) is 3. The van der Waals surface area contributed by atoms with Crippen LogP contribution in [0, 0.1) is 0 Å². The number of anilines is 1. The molecule has 0 fully saturated rings. The highest BCUT2D eigenvalue weighted by Gasteiger charge is 2.08. The predicted molar refractivity (Wildman–Crippen MR) is 128 cm³/mol. The van der Waals surface area contributed by atoms with E-state index in [1.54, 1.807) is 31.7 Å². The molecule has 6 heteroatoms. The molecular formula is C25H27N5O. The third kappa shape index (κ3) is 6.54. The van der Waals surface area contributed by atoms with E-state index in [4.69, 9.17) is 5.73 Å². The Morgan fingerprint density at radius 1 is 1.10 bits per heavy atom. The molecule has 0 aliphatic heterocycles. The smallest absolute Gasteiger partial charge is 0.221 e. The van der Waals surface area contributed by atoms with Crippen molar-refractivity contribution >= 4 is 23.5 Å². The molecule has 0 atom stereocenters. The van der Waals surface area contributed by atoms with Crippen molar-refractivity contribution in [3.63, 3.8) is 0 Å². The molecule has 3 aromatic rings. The molecule has 0 bridgehead atoms. The molecule has 0 aliphatic rings. The predicted octanol–water partition coefficient (Wildman–Crippen LogP) is 3.87. The van der Waals surface area contributed by atoms with Crippen molar-refractivity contribution in [2.24, 2.45) is 10.7 Å². The number of aliphatic imine (C=N–C) groups is 1. The minimum Gasteiger partial charge on any atom is -0.398 e. The summed E-state index contributed by atoms with van der Waals surface area (Å²) in [5.74, 6) is -0.0130. The van der Waals surface area contributed by atoms with Crippen molar-refractivity contribution in [2.45, 2.75) is 13.0 Å². The standard InChI is InChI=1S/C25H27N5O/c1-27-25(31)12-15-30-24-10-9-21(20-7-3-2-4-8-20)16-22(24)23(26)11-14-29-18-19-6-5-13-28-17-19/h2-11,13-14,16-17,30H,12,15,18,26H2,1H3,(H,27,31)/b23-11-,29-14?. The number of pyridine rings is 1. The average molecular weight is 414 g/mol. The second-order valence-electron chi connectivity index (χ2n) is 6.95. The van der Waals surface area contributed by atoms with Crippen LogP contribution in [0.4, 0.5) is 5.69 Å². The van der Waals surface area contributed by atoms with Crippen LogP contribution >= 0.6 is 0 Å². The van der Waals surface area contributed by atoms with Gasteiger partial charge in [0.2, 0.25) is 5.91 Å². The van der Waals surface area contributed by atoms with Gasteiger partial charge in [0.25, 0.3) is 0 Å². The second-order valence-corrected chi connectivity index (χ2v) is 6.95. The number of allylic oxidation sites excluding steroid dienone is 1. The normalized spacial score (nSPS) is 11.5. The van der Waals surface area contributed by atoms with E-state index in [0.717, 1.165) is 27.9 Å². The minimum atomic E-state index is -0.0130. The number of nitrogens with two attached hydrogens (primary N) is 1. The monoisotopic (exact) mass is 413 g/mol. The Kier molecular flexibility index (Phi) is 7.94. The van der Waals surface area contributed by atoms with Gasteiger partial charge >= 0.3 is 0 Å². The van der Waals surface area contributed by atoms with Gasteiger partial charge in [0, 0.05) is 55.6 Å². The molecule has 1 amide bonds. The summed E-state index contributed by atoms with van der Waals surface area (Å²) in [6.07, 6.45) is 7.43. The van der Waals surface area contributed by atoms with Crippen molar-refractivity contribution < 1.29 is 4.79 Å². The van der Waals surface area contributed by atoms with Crippen LogP contribution < -0.4 is 16.4 Å². The van der Waals surface area contributed by atoms with Gasteiger partial charge in [-0.05, 0) is 41.0 Å². The maximum absolute atomic E-state index is 11.5. The molecule has 0 aliphatic carbocycles. The molecule has 6 nitrogen and oxygen atoms in total. The number of nitrogens with one attached hydrogen (secondary N) is 2. The maximum Gasteiger partial charge on any atom is 0.221 e. The zero-order valence-corrected chi connectivity index (χ0v) is 17.6. The van der Waals surface area contributed by atoms with Crippen LogP contribution in [0.5, 0.6) is 0 Å². The summed E-state index contributed by atoms with van der Waals surface area (Å²) < 4.78 is 0. The number of carbonyl (C=O) groups is 1. The molecule has 0 radical (unpaired) electrons. The van der Waals surface area contributed by atoms with Crippen molar-refractivity contribution in [1.82, 2.24) is 10.3 Å². The van der Waals surface area contributed by atoms with Crippen molar-refractivity contribution in [2.75, 3.05) is 18.9 Å². The van der Waals surface area contributed by atoms with E-state index >= 15 is 0 Å². The second kappa shape index (κ2) is 11.3. The van der Waals surface area contributed by atoms with Gasteiger partial charge in [-0.1, -0.05) is 42.5 Å². The lowest BCUT2D eigenvalue weighted by Gasteiger charge is -2.14. The lowest BCUT2D eigenvalue weighted by Crippen LogP contribution is -2.21. The van der Waals surface area contributed by atoms with Crippen LogP contribution in [0.15, 0.2) is 84.1 Å². The number of aromatic nitrogens is 1. The fraction of sp³-hybridized carbons (Fsp3) is 0.160. The van der Waals surface area contributed by atoms with Crippen LogP contribution in [0.25, 0.3) is 16.8 Å². The van der Waals surface area contributed by atoms with Crippen LogP contribution in [0.2, 0.25) is 0 Å². The molecule has 4 N–H and O–H groups in total. The largest absolute Gasteiger partial charge is 0.398 e. The summed E-state index contributed by atoms with van der Waals surface area (Å²) in [5, 5.41) is 5.95. The highest BCUT2D eigenvalue weighted by Crippen LogP contribution is 2.28. The van der Waals surface area contributed by atoms with E-state index in [2.05, 4.69) is 38.8 Å². The number of benzene rings is 2. The fourth-order valence-corrected chi connectivity index (χ4v) is 3.06.